The second kappa shape index (κ2) is 5.29. The van der Waals surface area contributed by atoms with E-state index < -0.39 is 11.4 Å². The molecule has 0 aromatic rings. The Balaban J connectivity index is 2.00. The Morgan fingerprint density at radius 1 is 1.00 bits per heavy atom. The summed E-state index contributed by atoms with van der Waals surface area (Å²) < 4.78 is 0. The first-order chi connectivity index (χ1) is 9.65. The van der Waals surface area contributed by atoms with Gasteiger partial charge in [-0.2, -0.15) is 0 Å². The van der Waals surface area contributed by atoms with Crippen LogP contribution in [0.25, 0.3) is 0 Å². The van der Waals surface area contributed by atoms with Gasteiger partial charge in [-0.3, -0.25) is 9.59 Å². The minimum absolute atomic E-state index is 0.00305. The third kappa shape index (κ3) is 2.69. The van der Waals surface area contributed by atoms with Gasteiger partial charge >= 0.3 is 5.97 Å². The predicted molar refractivity (Wildman–Crippen MR) is 81.8 cm³/mol. The smallest absolute Gasteiger partial charge is 0.311 e. The van der Waals surface area contributed by atoms with E-state index in [9.17, 15) is 14.7 Å². The first-order valence-electron chi connectivity index (χ1n) is 8.16. The van der Waals surface area contributed by atoms with Crippen molar-refractivity contribution in [3.05, 3.63) is 0 Å². The zero-order chi connectivity index (χ0) is 15.9. The zero-order valence-corrected chi connectivity index (χ0v) is 13.8. The molecule has 2 aliphatic rings. The second-order valence-corrected chi connectivity index (χ2v) is 8.09. The van der Waals surface area contributed by atoms with E-state index in [0.717, 1.165) is 25.7 Å². The minimum Gasteiger partial charge on any atom is -0.481 e. The molecule has 0 heterocycles. The summed E-state index contributed by atoms with van der Waals surface area (Å²) in [7, 11) is 0. The lowest BCUT2D eigenvalue weighted by molar-refractivity contribution is -0.149. The molecule has 1 amide bonds. The Morgan fingerprint density at radius 3 is 1.86 bits per heavy atom. The van der Waals surface area contributed by atoms with Crippen LogP contribution < -0.4 is 5.32 Å². The molecule has 0 unspecified atom stereocenters. The molecule has 0 saturated heterocycles. The summed E-state index contributed by atoms with van der Waals surface area (Å²) >= 11 is 0. The number of hydrogen-bond donors (Lipinski definition) is 2. The van der Waals surface area contributed by atoms with E-state index in [1.54, 1.807) is 0 Å². The normalized spacial score (nSPS) is 26.7. The number of carbonyl (C=O) groups excluding carboxylic acids is 1. The van der Waals surface area contributed by atoms with Crippen LogP contribution in [0.15, 0.2) is 0 Å². The molecule has 0 aliphatic heterocycles. The Bertz CT molecular complexity index is 417. The molecule has 0 aromatic carbocycles. The number of carboxylic acids is 1. The third-order valence-corrected chi connectivity index (χ3v) is 6.40. The summed E-state index contributed by atoms with van der Waals surface area (Å²) in [6.07, 6.45) is 5.46. The molecule has 2 fully saturated rings. The molecule has 0 aromatic heterocycles. The van der Waals surface area contributed by atoms with Crippen molar-refractivity contribution in [2.75, 3.05) is 6.54 Å². The van der Waals surface area contributed by atoms with E-state index in [-0.39, 0.29) is 29.2 Å². The molecule has 0 radical (unpaired) electrons. The average molecular weight is 295 g/mol. The van der Waals surface area contributed by atoms with Crippen LogP contribution in [0.3, 0.4) is 0 Å². The van der Waals surface area contributed by atoms with E-state index >= 15 is 0 Å². The molecule has 2 rings (SSSR count). The molecule has 0 bridgehead atoms. The number of carboxylic acid groups (broad SMARTS) is 1. The van der Waals surface area contributed by atoms with Gasteiger partial charge in [0.1, 0.15) is 0 Å². The second-order valence-electron chi connectivity index (χ2n) is 8.09. The molecule has 2 saturated carbocycles. The summed E-state index contributed by atoms with van der Waals surface area (Å²) in [6, 6.07) is 0. The standard InChI is InChI=1S/C17H29NO3/c1-15(2)12(16(15,3)4)13(19)18-11-17(14(20)21)9-7-5-6-8-10-17/h12H,5-11H2,1-4H3,(H,18,19)(H,20,21). The Morgan fingerprint density at radius 2 is 1.48 bits per heavy atom. The highest BCUT2D eigenvalue weighted by Crippen LogP contribution is 2.68. The van der Waals surface area contributed by atoms with Gasteiger partial charge in [0.2, 0.25) is 5.91 Å². The first kappa shape index (κ1) is 16.3. The van der Waals surface area contributed by atoms with Gasteiger partial charge in [0.25, 0.3) is 0 Å². The summed E-state index contributed by atoms with van der Waals surface area (Å²) in [6.45, 7) is 8.71. The summed E-state index contributed by atoms with van der Waals surface area (Å²) in [5.41, 5.74) is -0.761. The number of rotatable bonds is 4. The minimum atomic E-state index is -0.755. The van der Waals surface area contributed by atoms with Gasteiger partial charge < -0.3 is 10.4 Å². The van der Waals surface area contributed by atoms with Crippen molar-refractivity contribution in [2.45, 2.75) is 66.2 Å². The van der Waals surface area contributed by atoms with Crippen LogP contribution in [0.5, 0.6) is 0 Å². The molecule has 21 heavy (non-hydrogen) atoms. The third-order valence-electron chi connectivity index (χ3n) is 6.40. The maximum Gasteiger partial charge on any atom is 0.311 e. The quantitative estimate of drug-likeness (QED) is 0.783. The van der Waals surface area contributed by atoms with Crippen molar-refractivity contribution >= 4 is 11.9 Å². The molecule has 0 spiro atoms. The number of nitrogens with one attached hydrogen (secondary N) is 1. The van der Waals surface area contributed by atoms with Gasteiger partial charge in [0, 0.05) is 12.5 Å². The van der Waals surface area contributed by atoms with Crippen molar-refractivity contribution in [2.24, 2.45) is 22.2 Å². The van der Waals surface area contributed by atoms with Gasteiger partial charge in [-0.05, 0) is 23.7 Å². The summed E-state index contributed by atoms with van der Waals surface area (Å²) in [5, 5.41) is 12.6. The first-order valence-corrected chi connectivity index (χ1v) is 8.16. The molecule has 4 heteroatoms. The maximum atomic E-state index is 12.4. The van der Waals surface area contributed by atoms with Crippen molar-refractivity contribution in [3.8, 4) is 0 Å². The molecule has 0 atom stereocenters. The van der Waals surface area contributed by atoms with Crippen LogP contribution in [-0.4, -0.2) is 23.5 Å². The van der Waals surface area contributed by atoms with E-state index in [1.807, 2.05) is 0 Å². The van der Waals surface area contributed by atoms with Crippen LogP contribution in [-0.2, 0) is 9.59 Å². The van der Waals surface area contributed by atoms with Gasteiger partial charge in [-0.1, -0.05) is 53.4 Å². The lowest BCUT2D eigenvalue weighted by Gasteiger charge is -2.28. The van der Waals surface area contributed by atoms with Crippen molar-refractivity contribution in [3.63, 3.8) is 0 Å². The number of amides is 1. The fraction of sp³-hybridized carbons (Fsp3) is 0.882. The van der Waals surface area contributed by atoms with Crippen LogP contribution in [0.2, 0.25) is 0 Å². The van der Waals surface area contributed by atoms with Gasteiger partial charge in [-0.15, -0.1) is 0 Å². The topological polar surface area (TPSA) is 66.4 Å². The van der Waals surface area contributed by atoms with Crippen LogP contribution in [0.1, 0.15) is 66.2 Å². The van der Waals surface area contributed by atoms with Gasteiger partial charge in [0.05, 0.1) is 5.41 Å². The van der Waals surface area contributed by atoms with E-state index in [1.165, 1.54) is 0 Å². The molecule has 2 aliphatic carbocycles. The highest BCUT2D eigenvalue weighted by Gasteiger charge is 2.68. The van der Waals surface area contributed by atoms with Crippen LogP contribution in [0, 0.1) is 22.2 Å². The maximum absolute atomic E-state index is 12.4. The average Bonchev–Trinajstić information content (AvgIpc) is 2.91. The highest BCUT2D eigenvalue weighted by atomic mass is 16.4. The van der Waals surface area contributed by atoms with Crippen molar-refractivity contribution in [1.29, 1.82) is 0 Å². The largest absolute Gasteiger partial charge is 0.481 e. The Kier molecular flexibility index (Phi) is 4.11. The van der Waals surface area contributed by atoms with E-state index in [0.29, 0.717) is 12.8 Å². The van der Waals surface area contributed by atoms with Gasteiger partial charge in [-0.25, -0.2) is 0 Å². The Labute approximate surface area is 127 Å². The summed E-state index contributed by atoms with van der Waals surface area (Å²) in [5.74, 6) is -0.740. The van der Waals surface area contributed by atoms with Crippen molar-refractivity contribution < 1.29 is 14.7 Å². The van der Waals surface area contributed by atoms with Crippen LogP contribution in [0.4, 0.5) is 0 Å². The molecule has 2 N–H and O–H groups in total. The van der Waals surface area contributed by atoms with E-state index in [2.05, 4.69) is 33.0 Å². The number of aliphatic carboxylic acids is 1. The van der Waals surface area contributed by atoms with E-state index in [4.69, 9.17) is 0 Å². The lowest BCUT2D eigenvalue weighted by atomic mass is 9.80. The Hall–Kier alpha value is -1.06. The number of carbonyl (C=O) groups is 2. The zero-order valence-electron chi connectivity index (χ0n) is 13.8. The molecular formula is C17H29NO3. The fourth-order valence-corrected chi connectivity index (χ4v) is 4.08. The molecule has 4 nitrogen and oxygen atoms in total. The van der Waals surface area contributed by atoms with Crippen molar-refractivity contribution in [1.82, 2.24) is 5.32 Å². The molecular weight excluding hydrogens is 266 g/mol. The SMILES string of the molecule is CC1(C)C(C(=O)NCC2(C(=O)O)CCCCCC2)C1(C)C. The lowest BCUT2D eigenvalue weighted by Crippen LogP contribution is -2.43. The predicted octanol–water partition coefficient (Wildman–Crippen LogP) is 3.21. The molecule has 120 valence electrons. The fourth-order valence-electron chi connectivity index (χ4n) is 4.08. The van der Waals surface area contributed by atoms with Gasteiger partial charge in [0.15, 0.2) is 0 Å². The number of hydrogen-bond acceptors (Lipinski definition) is 2. The van der Waals surface area contributed by atoms with Crippen LogP contribution >= 0.6 is 0 Å². The highest BCUT2D eigenvalue weighted by molar-refractivity contribution is 5.85. The summed E-state index contributed by atoms with van der Waals surface area (Å²) in [4.78, 5) is 24.2. The monoisotopic (exact) mass is 295 g/mol.